The molecule has 1 aliphatic heterocycles. The Balaban J connectivity index is 1.65. The van der Waals surface area contributed by atoms with E-state index < -0.39 is 10.0 Å². The van der Waals surface area contributed by atoms with Gasteiger partial charge in [0.25, 0.3) is 10.0 Å². The van der Waals surface area contributed by atoms with Crippen LogP contribution in [0, 0.1) is 0 Å². The highest BCUT2D eigenvalue weighted by Gasteiger charge is 2.35. The maximum absolute atomic E-state index is 12.9. The van der Waals surface area contributed by atoms with Crippen LogP contribution >= 0.6 is 11.3 Å². The number of carbonyl (C=O) groups excluding carboxylic acids is 2. The van der Waals surface area contributed by atoms with Gasteiger partial charge in [-0.3, -0.25) is 9.59 Å². The number of thiophene rings is 1. The van der Waals surface area contributed by atoms with Crippen LogP contribution in [0.3, 0.4) is 0 Å². The number of hydrogen-bond acceptors (Lipinski definition) is 5. The van der Waals surface area contributed by atoms with Crippen molar-refractivity contribution in [3.8, 4) is 0 Å². The summed E-state index contributed by atoms with van der Waals surface area (Å²) in [6.45, 7) is 1.86. The van der Waals surface area contributed by atoms with E-state index in [1.54, 1.807) is 41.8 Å². The number of nitrogens with one attached hydrogen (secondary N) is 2. The van der Waals surface area contributed by atoms with E-state index in [0.29, 0.717) is 28.5 Å². The molecule has 0 bridgehead atoms. The number of rotatable bonds is 6. The molecule has 3 rings (SSSR count). The van der Waals surface area contributed by atoms with Gasteiger partial charge >= 0.3 is 0 Å². The Kier molecular flexibility index (Phi) is 6.48. The molecule has 0 saturated carbocycles. The second kappa shape index (κ2) is 8.85. The van der Waals surface area contributed by atoms with Crippen LogP contribution in [0.25, 0.3) is 0 Å². The van der Waals surface area contributed by atoms with Crippen LogP contribution in [0.15, 0.2) is 46.0 Å². The van der Waals surface area contributed by atoms with Crippen LogP contribution in [0.4, 0.5) is 11.4 Å². The number of carbonyl (C=O) groups is 2. The predicted molar refractivity (Wildman–Crippen MR) is 110 cm³/mol. The maximum Gasteiger partial charge on any atom is 0.252 e. The Morgan fingerprint density at radius 3 is 2.39 bits per heavy atom. The van der Waals surface area contributed by atoms with Crippen molar-refractivity contribution >= 4 is 44.5 Å². The molecule has 0 unspecified atom stereocenters. The normalized spacial score (nSPS) is 17.8. The lowest BCUT2D eigenvalue weighted by Gasteiger charge is -2.34. The third-order valence-corrected chi connectivity index (χ3v) is 7.87. The summed E-state index contributed by atoms with van der Waals surface area (Å²) in [6.07, 6.45) is 2.48. The maximum atomic E-state index is 12.9. The molecule has 2 aromatic rings. The molecular weight excluding hydrogens is 398 g/mol. The van der Waals surface area contributed by atoms with Crippen molar-refractivity contribution in [1.82, 2.24) is 4.31 Å². The van der Waals surface area contributed by atoms with E-state index in [-0.39, 0.29) is 24.3 Å². The highest BCUT2D eigenvalue weighted by molar-refractivity contribution is 7.91. The fraction of sp³-hybridized carbons (Fsp3) is 0.368. The number of nitrogens with zero attached hydrogens (tertiary/aromatic N) is 1. The first-order chi connectivity index (χ1) is 13.4. The Morgan fingerprint density at radius 2 is 1.79 bits per heavy atom. The van der Waals surface area contributed by atoms with Gasteiger partial charge in [-0.15, -0.1) is 11.3 Å². The van der Waals surface area contributed by atoms with Gasteiger partial charge in [-0.1, -0.05) is 12.5 Å². The van der Waals surface area contributed by atoms with Crippen LogP contribution in [0.2, 0.25) is 0 Å². The van der Waals surface area contributed by atoms with E-state index in [4.69, 9.17) is 0 Å². The second-order valence-corrected chi connectivity index (χ2v) is 9.77. The van der Waals surface area contributed by atoms with Gasteiger partial charge in [0.1, 0.15) is 4.21 Å². The third kappa shape index (κ3) is 4.98. The number of sulfonamides is 1. The first kappa shape index (κ1) is 20.5. The Labute approximate surface area is 168 Å². The molecule has 1 aromatic carbocycles. The molecule has 1 atom stereocenters. The minimum atomic E-state index is -3.57. The summed E-state index contributed by atoms with van der Waals surface area (Å²) in [7, 11) is -3.57. The van der Waals surface area contributed by atoms with Crippen LogP contribution in [0.5, 0.6) is 0 Å². The largest absolute Gasteiger partial charge is 0.326 e. The lowest BCUT2D eigenvalue weighted by molar-refractivity contribution is -0.117. The Bertz CT molecular complexity index is 925. The summed E-state index contributed by atoms with van der Waals surface area (Å²) in [6, 6.07) is 9.76. The molecule has 2 amide bonds. The third-order valence-electron chi connectivity index (χ3n) is 4.54. The minimum absolute atomic E-state index is 0.109. The minimum Gasteiger partial charge on any atom is -0.326 e. The Morgan fingerprint density at radius 1 is 1.11 bits per heavy atom. The predicted octanol–water partition coefficient (Wildman–Crippen LogP) is 3.28. The zero-order chi connectivity index (χ0) is 20.1. The number of hydrogen-bond donors (Lipinski definition) is 2. The van der Waals surface area contributed by atoms with Crippen molar-refractivity contribution in [2.45, 2.75) is 42.9 Å². The molecule has 0 radical (unpaired) electrons. The number of anilines is 2. The summed E-state index contributed by atoms with van der Waals surface area (Å²) in [4.78, 5) is 23.6. The van der Waals surface area contributed by atoms with Crippen LogP contribution in [0.1, 0.15) is 32.6 Å². The van der Waals surface area contributed by atoms with Gasteiger partial charge in [0.2, 0.25) is 11.8 Å². The van der Waals surface area contributed by atoms with E-state index in [9.17, 15) is 18.0 Å². The van der Waals surface area contributed by atoms with Crippen LogP contribution in [-0.2, 0) is 19.6 Å². The van der Waals surface area contributed by atoms with Crippen molar-refractivity contribution in [2.24, 2.45) is 0 Å². The molecule has 1 aromatic heterocycles. The summed E-state index contributed by atoms with van der Waals surface area (Å²) in [5.74, 6) is -0.397. The van der Waals surface area contributed by atoms with Gasteiger partial charge in [-0.25, -0.2) is 8.42 Å². The number of benzene rings is 1. The van der Waals surface area contributed by atoms with Gasteiger partial charge < -0.3 is 10.6 Å². The molecule has 1 fully saturated rings. The summed E-state index contributed by atoms with van der Waals surface area (Å²) in [5, 5.41) is 7.21. The molecular formula is C19H23N3O4S2. The zero-order valence-electron chi connectivity index (χ0n) is 15.6. The SMILES string of the molecule is CC(=O)Nc1ccc(NC(=O)C[C@H]2CCCCN2S(=O)(=O)c2cccs2)cc1. The first-order valence-electron chi connectivity index (χ1n) is 9.09. The van der Waals surface area contributed by atoms with Gasteiger partial charge in [0.15, 0.2) is 0 Å². The first-order valence-corrected chi connectivity index (χ1v) is 11.4. The molecule has 0 spiro atoms. The summed E-state index contributed by atoms with van der Waals surface area (Å²) in [5.41, 5.74) is 1.24. The number of amides is 2. The molecule has 150 valence electrons. The van der Waals surface area contributed by atoms with E-state index >= 15 is 0 Å². The van der Waals surface area contributed by atoms with Gasteiger partial charge in [-0.2, -0.15) is 4.31 Å². The van der Waals surface area contributed by atoms with Crippen LogP contribution in [-0.4, -0.2) is 37.1 Å². The summed E-state index contributed by atoms with van der Waals surface area (Å²) < 4.78 is 27.6. The van der Waals surface area contributed by atoms with Gasteiger partial charge in [0.05, 0.1) is 0 Å². The quantitative estimate of drug-likeness (QED) is 0.748. The fourth-order valence-corrected chi connectivity index (χ4v) is 6.10. The van der Waals surface area contributed by atoms with Crippen molar-refractivity contribution in [3.05, 3.63) is 41.8 Å². The average molecular weight is 422 g/mol. The average Bonchev–Trinajstić information content (AvgIpc) is 3.19. The smallest absolute Gasteiger partial charge is 0.252 e. The molecule has 28 heavy (non-hydrogen) atoms. The highest BCUT2D eigenvalue weighted by atomic mass is 32.2. The van der Waals surface area contributed by atoms with Crippen molar-refractivity contribution < 1.29 is 18.0 Å². The second-order valence-electron chi connectivity index (χ2n) is 6.71. The molecule has 1 aliphatic rings. The zero-order valence-corrected chi connectivity index (χ0v) is 17.2. The lowest BCUT2D eigenvalue weighted by atomic mass is 10.0. The van der Waals surface area contributed by atoms with E-state index in [1.807, 2.05) is 0 Å². The molecule has 2 N–H and O–H groups in total. The topological polar surface area (TPSA) is 95.6 Å². The molecule has 0 aliphatic carbocycles. The van der Waals surface area contributed by atoms with E-state index in [2.05, 4.69) is 10.6 Å². The van der Waals surface area contributed by atoms with Gasteiger partial charge in [0, 0.05) is 37.3 Å². The molecule has 2 heterocycles. The Hall–Kier alpha value is -2.23. The van der Waals surface area contributed by atoms with E-state index in [0.717, 1.165) is 12.8 Å². The summed E-state index contributed by atoms with van der Waals surface area (Å²) >= 11 is 1.19. The van der Waals surface area contributed by atoms with Gasteiger partial charge in [-0.05, 0) is 48.6 Å². The fourth-order valence-electron chi connectivity index (χ4n) is 3.29. The van der Waals surface area contributed by atoms with Crippen molar-refractivity contribution in [3.63, 3.8) is 0 Å². The molecule has 7 nitrogen and oxygen atoms in total. The highest BCUT2D eigenvalue weighted by Crippen LogP contribution is 2.29. The van der Waals surface area contributed by atoms with Crippen LogP contribution < -0.4 is 10.6 Å². The molecule has 1 saturated heterocycles. The lowest BCUT2D eigenvalue weighted by Crippen LogP contribution is -2.45. The van der Waals surface area contributed by atoms with Crippen molar-refractivity contribution in [2.75, 3.05) is 17.2 Å². The monoisotopic (exact) mass is 421 g/mol. The standard InChI is InChI=1S/C19H23N3O4S2/c1-14(23)20-15-7-9-16(10-8-15)21-18(24)13-17-5-2-3-11-22(17)28(25,26)19-6-4-12-27-19/h4,6-10,12,17H,2-3,5,11,13H2,1H3,(H,20,23)(H,21,24)/t17-/m1/s1. The molecule has 9 heteroatoms. The number of piperidine rings is 1. The van der Waals surface area contributed by atoms with E-state index in [1.165, 1.54) is 22.6 Å². The van der Waals surface area contributed by atoms with Crippen molar-refractivity contribution in [1.29, 1.82) is 0 Å².